The minimum atomic E-state index is 0. The highest BCUT2D eigenvalue weighted by molar-refractivity contribution is 5.92. The molecule has 6 heteroatoms. The van der Waals surface area contributed by atoms with Gasteiger partial charge < -0.3 is 20.1 Å². The summed E-state index contributed by atoms with van der Waals surface area (Å²) in [5.41, 5.74) is 0.682. The van der Waals surface area contributed by atoms with Crippen molar-refractivity contribution in [1.29, 1.82) is 0 Å². The molecule has 0 aromatic heterocycles. The van der Waals surface area contributed by atoms with Crippen molar-refractivity contribution in [3.8, 4) is 11.5 Å². The van der Waals surface area contributed by atoms with Crippen LogP contribution >= 0.6 is 12.4 Å². The SMILES string of the molecule is CCOc1ccc(OCC)c(NC(=O)CC(C)C2CCCNC2)c1.Cl. The van der Waals surface area contributed by atoms with E-state index in [1.807, 2.05) is 32.0 Å². The van der Waals surface area contributed by atoms with E-state index in [0.29, 0.717) is 42.9 Å². The highest BCUT2D eigenvalue weighted by Crippen LogP contribution is 2.30. The van der Waals surface area contributed by atoms with E-state index in [0.717, 1.165) is 18.8 Å². The molecule has 0 spiro atoms. The Balaban J connectivity index is 0.00000312. The van der Waals surface area contributed by atoms with E-state index < -0.39 is 0 Å². The summed E-state index contributed by atoms with van der Waals surface area (Å²) in [5, 5.41) is 6.42. The van der Waals surface area contributed by atoms with Crippen LogP contribution in [0.2, 0.25) is 0 Å². The number of carbonyl (C=O) groups is 1. The van der Waals surface area contributed by atoms with Crippen LogP contribution in [0, 0.1) is 11.8 Å². The van der Waals surface area contributed by atoms with Crippen LogP contribution in [-0.2, 0) is 4.79 Å². The van der Waals surface area contributed by atoms with Crippen molar-refractivity contribution in [2.45, 2.75) is 40.0 Å². The van der Waals surface area contributed by atoms with Crippen molar-refractivity contribution < 1.29 is 14.3 Å². The molecule has 1 saturated heterocycles. The number of benzene rings is 1. The first-order chi connectivity index (χ1) is 11.6. The van der Waals surface area contributed by atoms with Crippen molar-refractivity contribution in [3.05, 3.63) is 18.2 Å². The van der Waals surface area contributed by atoms with Crippen molar-refractivity contribution in [2.75, 3.05) is 31.6 Å². The molecule has 0 bridgehead atoms. The lowest BCUT2D eigenvalue weighted by Crippen LogP contribution is -2.34. The monoisotopic (exact) mass is 370 g/mol. The van der Waals surface area contributed by atoms with Crippen LogP contribution in [0.5, 0.6) is 11.5 Å². The zero-order valence-corrected chi connectivity index (χ0v) is 16.3. The van der Waals surface area contributed by atoms with Crippen LogP contribution in [0.3, 0.4) is 0 Å². The highest BCUT2D eigenvalue weighted by atomic mass is 35.5. The molecule has 1 aromatic rings. The fraction of sp³-hybridized carbons (Fsp3) is 0.632. The van der Waals surface area contributed by atoms with Gasteiger partial charge in [0.2, 0.25) is 5.91 Å². The third-order valence-corrected chi connectivity index (χ3v) is 4.48. The fourth-order valence-corrected chi connectivity index (χ4v) is 3.17. The van der Waals surface area contributed by atoms with Crippen LogP contribution < -0.4 is 20.1 Å². The Morgan fingerprint density at radius 1 is 1.32 bits per heavy atom. The van der Waals surface area contributed by atoms with E-state index in [-0.39, 0.29) is 18.3 Å². The zero-order chi connectivity index (χ0) is 17.4. The van der Waals surface area contributed by atoms with E-state index in [9.17, 15) is 4.79 Å². The number of ether oxygens (including phenoxy) is 2. The molecule has 142 valence electrons. The predicted molar refractivity (Wildman–Crippen MR) is 104 cm³/mol. The van der Waals surface area contributed by atoms with E-state index in [1.165, 1.54) is 12.8 Å². The second-order valence-electron chi connectivity index (χ2n) is 6.36. The van der Waals surface area contributed by atoms with Crippen LogP contribution in [0.15, 0.2) is 18.2 Å². The summed E-state index contributed by atoms with van der Waals surface area (Å²) in [5.74, 6) is 2.39. The molecule has 0 radical (unpaired) electrons. The van der Waals surface area contributed by atoms with Gasteiger partial charge in [-0.2, -0.15) is 0 Å². The molecular weight excluding hydrogens is 340 g/mol. The average Bonchev–Trinajstić information content (AvgIpc) is 2.58. The van der Waals surface area contributed by atoms with Gasteiger partial charge in [0.25, 0.3) is 0 Å². The van der Waals surface area contributed by atoms with Crippen molar-refractivity contribution in [2.24, 2.45) is 11.8 Å². The molecule has 2 unspecified atom stereocenters. The number of piperidine rings is 1. The van der Waals surface area contributed by atoms with Gasteiger partial charge in [0.05, 0.1) is 18.9 Å². The highest BCUT2D eigenvalue weighted by Gasteiger charge is 2.22. The van der Waals surface area contributed by atoms with Gasteiger partial charge >= 0.3 is 0 Å². The molecule has 0 aliphatic carbocycles. The number of rotatable bonds is 8. The molecule has 1 aliphatic rings. The van der Waals surface area contributed by atoms with E-state index in [1.54, 1.807) is 0 Å². The minimum Gasteiger partial charge on any atom is -0.494 e. The minimum absolute atomic E-state index is 0. The van der Waals surface area contributed by atoms with Gasteiger partial charge in [-0.25, -0.2) is 0 Å². The van der Waals surface area contributed by atoms with Gasteiger partial charge in [0.1, 0.15) is 11.5 Å². The summed E-state index contributed by atoms with van der Waals surface area (Å²) >= 11 is 0. The fourth-order valence-electron chi connectivity index (χ4n) is 3.17. The Morgan fingerprint density at radius 2 is 2.08 bits per heavy atom. The summed E-state index contributed by atoms with van der Waals surface area (Å²) < 4.78 is 11.1. The standard InChI is InChI=1S/C19H30N2O3.ClH/c1-4-23-16-8-9-18(24-5-2)17(12-16)21-19(22)11-14(3)15-7-6-10-20-13-15;/h8-9,12,14-15,20H,4-7,10-11,13H2,1-3H3,(H,21,22);1H. The summed E-state index contributed by atoms with van der Waals surface area (Å²) in [6.45, 7) is 9.29. The molecule has 2 N–H and O–H groups in total. The second kappa shape index (κ2) is 11.2. The molecule has 25 heavy (non-hydrogen) atoms. The predicted octanol–water partition coefficient (Wildman–Crippen LogP) is 3.87. The number of amides is 1. The lowest BCUT2D eigenvalue weighted by molar-refractivity contribution is -0.117. The summed E-state index contributed by atoms with van der Waals surface area (Å²) in [4.78, 5) is 12.5. The molecule has 5 nitrogen and oxygen atoms in total. The van der Waals surface area contributed by atoms with Crippen molar-refractivity contribution in [3.63, 3.8) is 0 Å². The first-order valence-electron chi connectivity index (χ1n) is 9.04. The Hall–Kier alpha value is -1.46. The molecule has 0 saturated carbocycles. The van der Waals surface area contributed by atoms with Crippen LogP contribution in [0.1, 0.15) is 40.0 Å². The lowest BCUT2D eigenvalue weighted by Gasteiger charge is -2.28. The molecule has 1 fully saturated rings. The van der Waals surface area contributed by atoms with Crippen LogP contribution in [-0.4, -0.2) is 32.2 Å². The molecular formula is C19H31ClN2O3. The average molecular weight is 371 g/mol. The molecule has 1 amide bonds. The molecule has 2 rings (SSSR count). The Kier molecular flexibility index (Phi) is 9.68. The molecule has 2 atom stereocenters. The summed E-state index contributed by atoms with van der Waals surface area (Å²) in [6, 6.07) is 5.54. The van der Waals surface area contributed by atoms with Gasteiger partial charge in [-0.1, -0.05) is 6.92 Å². The van der Waals surface area contributed by atoms with Crippen molar-refractivity contribution in [1.82, 2.24) is 5.32 Å². The van der Waals surface area contributed by atoms with E-state index >= 15 is 0 Å². The Morgan fingerprint density at radius 3 is 2.72 bits per heavy atom. The Labute approximate surface area is 157 Å². The first kappa shape index (κ1) is 21.6. The second-order valence-corrected chi connectivity index (χ2v) is 6.36. The largest absolute Gasteiger partial charge is 0.494 e. The maximum atomic E-state index is 12.5. The van der Waals surface area contributed by atoms with Gasteiger partial charge in [0, 0.05) is 12.5 Å². The molecule has 1 heterocycles. The maximum absolute atomic E-state index is 12.5. The number of nitrogens with one attached hydrogen (secondary N) is 2. The zero-order valence-electron chi connectivity index (χ0n) is 15.5. The first-order valence-corrected chi connectivity index (χ1v) is 9.04. The quantitative estimate of drug-likeness (QED) is 0.729. The van der Waals surface area contributed by atoms with Crippen LogP contribution in [0.4, 0.5) is 5.69 Å². The smallest absolute Gasteiger partial charge is 0.224 e. The van der Waals surface area contributed by atoms with Gasteiger partial charge in [-0.15, -0.1) is 12.4 Å². The van der Waals surface area contributed by atoms with Gasteiger partial charge in [-0.3, -0.25) is 4.79 Å². The van der Waals surface area contributed by atoms with Gasteiger partial charge in [0.15, 0.2) is 0 Å². The Bertz CT molecular complexity index is 533. The number of halogens is 1. The number of hydrogen-bond donors (Lipinski definition) is 2. The topological polar surface area (TPSA) is 59.6 Å². The summed E-state index contributed by atoms with van der Waals surface area (Å²) in [6.07, 6.45) is 2.92. The number of anilines is 1. The van der Waals surface area contributed by atoms with E-state index in [4.69, 9.17) is 9.47 Å². The lowest BCUT2D eigenvalue weighted by atomic mass is 9.85. The molecule has 1 aliphatic heterocycles. The van der Waals surface area contributed by atoms with Crippen LogP contribution in [0.25, 0.3) is 0 Å². The van der Waals surface area contributed by atoms with E-state index in [2.05, 4.69) is 17.6 Å². The third-order valence-electron chi connectivity index (χ3n) is 4.48. The third kappa shape index (κ3) is 6.75. The maximum Gasteiger partial charge on any atom is 0.224 e. The summed E-state index contributed by atoms with van der Waals surface area (Å²) in [7, 11) is 0. The molecule has 1 aromatic carbocycles. The number of carbonyl (C=O) groups excluding carboxylic acids is 1. The van der Waals surface area contributed by atoms with Crippen molar-refractivity contribution >= 4 is 24.0 Å². The normalized spacial score (nSPS) is 18.0. The number of hydrogen-bond acceptors (Lipinski definition) is 4. The van der Waals surface area contributed by atoms with Gasteiger partial charge in [-0.05, 0) is 63.7 Å².